The van der Waals surface area contributed by atoms with Gasteiger partial charge in [0, 0.05) is 16.5 Å². The summed E-state index contributed by atoms with van der Waals surface area (Å²) in [6.07, 6.45) is 8.84. The lowest BCUT2D eigenvalue weighted by atomic mass is 9.81. The molecule has 0 radical (unpaired) electrons. The zero-order valence-electron chi connectivity index (χ0n) is 17.0. The Morgan fingerprint density at radius 1 is 0.870 bits per heavy atom. The maximum atomic E-state index is 5.08. The van der Waals surface area contributed by atoms with Gasteiger partial charge in [0.25, 0.3) is 0 Å². The van der Waals surface area contributed by atoms with Crippen molar-refractivity contribution >= 4 is 0 Å². The normalized spacial score (nSPS) is 13.1. The van der Waals surface area contributed by atoms with Gasteiger partial charge in [-0.15, -0.1) is 0 Å². The number of unbranched alkanes of at least 4 members (excludes halogenated alkanes) is 3. The van der Waals surface area contributed by atoms with E-state index in [1.807, 2.05) is 0 Å². The molecule has 0 saturated carbocycles. The van der Waals surface area contributed by atoms with Crippen molar-refractivity contribution in [1.29, 1.82) is 0 Å². The molecular formula is C21H40N2. The van der Waals surface area contributed by atoms with E-state index in [-0.39, 0.29) is 10.8 Å². The molecular weight excluding hydrogens is 280 g/mol. The Bertz CT molecular complexity index is 466. The molecule has 2 nitrogen and oxygen atoms in total. The largest absolute Gasteiger partial charge is 0.345 e. The highest BCUT2D eigenvalue weighted by Crippen LogP contribution is 2.36. The minimum atomic E-state index is 0.137. The van der Waals surface area contributed by atoms with E-state index in [1.165, 1.54) is 62.2 Å². The minimum absolute atomic E-state index is 0.137. The highest BCUT2D eigenvalue weighted by Gasteiger charge is 2.32. The summed E-state index contributed by atoms with van der Waals surface area (Å²) >= 11 is 0. The van der Waals surface area contributed by atoms with Crippen molar-refractivity contribution in [2.24, 2.45) is 0 Å². The summed E-state index contributed by atoms with van der Waals surface area (Å²) in [5.74, 6) is 1.67. The van der Waals surface area contributed by atoms with E-state index in [0.29, 0.717) is 5.92 Å². The maximum absolute atomic E-state index is 5.08. The highest BCUT2D eigenvalue weighted by atomic mass is 15.0. The molecule has 0 unspecified atom stereocenters. The highest BCUT2D eigenvalue weighted by molar-refractivity contribution is 5.28. The lowest BCUT2D eigenvalue weighted by molar-refractivity contribution is 0.419. The molecule has 134 valence electrons. The van der Waals surface area contributed by atoms with Gasteiger partial charge in [-0.2, -0.15) is 0 Å². The van der Waals surface area contributed by atoms with Gasteiger partial charge in [0.15, 0.2) is 0 Å². The summed E-state index contributed by atoms with van der Waals surface area (Å²) in [6, 6.07) is 0. The van der Waals surface area contributed by atoms with Gasteiger partial charge in [0.2, 0.25) is 0 Å². The van der Waals surface area contributed by atoms with Crippen molar-refractivity contribution in [3.8, 4) is 0 Å². The van der Waals surface area contributed by atoms with E-state index in [9.17, 15) is 0 Å². The average Bonchev–Trinajstić information content (AvgIpc) is 2.92. The van der Waals surface area contributed by atoms with Gasteiger partial charge in [-0.1, -0.05) is 87.5 Å². The van der Waals surface area contributed by atoms with E-state index in [2.05, 4.69) is 60.4 Å². The first kappa shape index (κ1) is 20.3. The van der Waals surface area contributed by atoms with Crippen LogP contribution in [0.25, 0.3) is 0 Å². The number of hydrogen-bond donors (Lipinski definition) is 1. The van der Waals surface area contributed by atoms with Crippen LogP contribution in [0, 0.1) is 0 Å². The maximum Gasteiger partial charge on any atom is 0.112 e. The first-order valence-electron chi connectivity index (χ1n) is 9.76. The molecule has 0 bridgehead atoms. The van der Waals surface area contributed by atoms with Crippen LogP contribution < -0.4 is 0 Å². The Hall–Kier alpha value is -0.790. The Balaban J connectivity index is 3.11. The van der Waals surface area contributed by atoms with Crippen molar-refractivity contribution in [3.05, 3.63) is 17.2 Å². The van der Waals surface area contributed by atoms with Crippen LogP contribution in [0.2, 0.25) is 0 Å². The van der Waals surface area contributed by atoms with Crippen LogP contribution in [0.3, 0.4) is 0 Å². The first-order valence-corrected chi connectivity index (χ1v) is 9.76. The second-order valence-electron chi connectivity index (χ2n) is 8.83. The molecule has 1 aromatic rings. The van der Waals surface area contributed by atoms with E-state index in [0.717, 1.165) is 0 Å². The first-order chi connectivity index (χ1) is 10.7. The predicted octanol–water partition coefficient (Wildman–Crippen LogP) is 6.86. The minimum Gasteiger partial charge on any atom is -0.345 e. The monoisotopic (exact) mass is 320 g/mol. The van der Waals surface area contributed by atoms with Gasteiger partial charge < -0.3 is 4.98 Å². The molecule has 0 aromatic carbocycles. The molecule has 0 atom stereocenters. The number of imidazole rings is 1. The molecule has 1 rings (SSSR count). The molecule has 23 heavy (non-hydrogen) atoms. The zero-order valence-corrected chi connectivity index (χ0v) is 17.0. The van der Waals surface area contributed by atoms with E-state index in [1.54, 1.807) is 0 Å². The van der Waals surface area contributed by atoms with Crippen LogP contribution in [0.5, 0.6) is 0 Å². The number of hydrogen-bond acceptors (Lipinski definition) is 1. The number of nitrogens with one attached hydrogen (secondary N) is 1. The second-order valence-corrected chi connectivity index (χ2v) is 8.83. The molecule has 1 N–H and O–H groups in total. The third-order valence-corrected chi connectivity index (χ3v) is 5.16. The fraction of sp³-hybridized carbons (Fsp3) is 0.857. The molecule has 2 heteroatoms. The third kappa shape index (κ3) is 5.36. The number of nitrogens with zero attached hydrogens (tertiary/aromatic N) is 1. The molecule has 0 amide bonds. The smallest absolute Gasteiger partial charge is 0.112 e. The molecule has 0 fully saturated rings. The number of aromatic nitrogens is 2. The van der Waals surface area contributed by atoms with Crippen LogP contribution >= 0.6 is 0 Å². The molecule has 0 spiro atoms. The Morgan fingerprint density at radius 2 is 1.43 bits per heavy atom. The van der Waals surface area contributed by atoms with Crippen LogP contribution in [-0.4, -0.2) is 9.97 Å². The van der Waals surface area contributed by atoms with Gasteiger partial charge >= 0.3 is 0 Å². The van der Waals surface area contributed by atoms with Crippen molar-refractivity contribution in [2.75, 3.05) is 0 Å². The molecule has 0 aliphatic heterocycles. The van der Waals surface area contributed by atoms with Crippen molar-refractivity contribution in [3.63, 3.8) is 0 Å². The topological polar surface area (TPSA) is 28.7 Å². The van der Waals surface area contributed by atoms with E-state index < -0.39 is 0 Å². The summed E-state index contributed by atoms with van der Waals surface area (Å²) in [6.45, 7) is 18.5. The summed E-state index contributed by atoms with van der Waals surface area (Å²) in [7, 11) is 0. The fourth-order valence-electron chi connectivity index (χ4n) is 3.32. The molecule has 1 heterocycles. The van der Waals surface area contributed by atoms with Crippen LogP contribution in [0.1, 0.15) is 123 Å². The van der Waals surface area contributed by atoms with Gasteiger partial charge in [-0.25, -0.2) is 4.98 Å². The van der Waals surface area contributed by atoms with E-state index in [4.69, 9.17) is 4.98 Å². The quantitative estimate of drug-likeness (QED) is 0.469. The predicted molar refractivity (Wildman–Crippen MR) is 102 cm³/mol. The summed E-state index contributed by atoms with van der Waals surface area (Å²) in [5, 5.41) is 0. The summed E-state index contributed by atoms with van der Waals surface area (Å²) in [5.41, 5.74) is 2.97. The average molecular weight is 321 g/mol. The Morgan fingerprint density at radius 3 is 1.96 bits per heavy atom. The summed E-state index contributed by atoms with van der Waals surface area (Å²) in [4.78, 5) is 8.85. The van der Waals surface area contributed by atoms with Crippen molar-refractivity contribution < 1.29 is 0 Å². The Labute approximate surface area is 144 Å². The Kier molecular flexibility index (Phi) is 7.35. The third-order valence-electron chi connectivity index (χ3n) is 5.16. The standard InChI is InChI=1S/C21H40N2/c1-9-11-13-15-21(7,8)19-22-17(16(3)4)18(23-19)20(5,6)14-12-10-2/h16H,9-15H2,1-8H3,(H,22,23). The number of aromatic amines is 1. The molecule has 0 aliphatic carbocycles. The van der Waals surface area contributed by atoms with Crippen LogP contribution in [-0.2, 0) is 10.8 Å². The van der Waals surface area contributed by atoms with Gasteiger partial charge in [-0.05, 0) is 18.8 Å². The van der Waals surface area contributed by atoms with Crippen LogP contribution in [0.4, 0.5) is 0 Å². The van der Waals surface area contributed by atoms with Crippen molar-refractivity contribution in [2.45, 2.75) is 117 Å². The van der Waals surface area contributed by atoms with Gasteiger partial charge in [0.1, 0.15) is 5.82 Å². The number of rotatable bonds is 10. The second kappa shape index (κ2) is 8.35. The molecule has 1 aromatic heterocycles. The lowest BCUT2D eigenvalue weighted by Gasteiger charge is -2.26. The summed E-state index contributed by atoms with van der Waals surface area (Å²) < 4.78 is 0. The zero-order chi connectivity index (χ0) is 17.7. The molecule has 0 aliphatic rings. The SMILES string of the molecule is CCCCCC(C)(C)c1nc(C(C)C)c(C(C)(C)CCCC)[nH]1. The molecule has 0 saturated heterocycles. The van der Waals surface area contributed by atoms with E-state index >= 15 is 0 Å². The van der Waals surface area contributed by atoms with Gasteiger partial charge in [0.05, 0.1) is 5.69 Å². The fourth-order valence-corrected chi connectivity index (χ4v) is 3.32. The number of H-pyrrole nitrogens is 1. The van der Waals surface area contributed by atoms with Crippen LogP contribution in [0.15, 0.2) is 0 Å². The lowest BCUT2D eigenvalue weighted by Crippen LogP contribution is -2.21. The van der Waals surface area contributed by atoms with Crippen molar-refractivity contribution in [1.82, 2.24) is 9.97 Å². The van der Waals surface area contributed by atoms with Gasteiger partial charge in [-0.3, -0.25) is 0 Å².